The topological polar surface area (TPSA) is 62.7 Å². The molecule has 0 fully saturated rings. The van der Waals surface area contributed by atoms with Gasteiger partial charge in [0, 0.05) is 6.54 Å². The molecule has 106 valence electrons. The molecule has 0 aliphatic heterocycles. The summed E-state index contributed by atoms with van der Waals surface area (Å²) in [6.07, 6.45) is 1.51. The van der Waals surface area contributed by atoms with Gasteiger partial charge < -0.3 is 10.6 Å². The highest BCUT2D eigenvalue weighted by Gasteiger charge is 2.07. The van der Waals surface area contributed by atoms with Crippen molar-refractivity contribution in [3.63, 3.8) is 0 Å². The molecule has 20 heavy (non-hydrogen) atoms. The minimum absolute atomic E-state index is 0.465. The molecule has 1 aromatic heterocycles. The fourth-order valence-electron chi connectivity index (χ4n) is 1.48. The van der Waals surface area contributed by atoms with Crippen LogP contribution < -0.4 is 10.6 Å². The Kier molecular flexibility index (Phi) is 4.98. The zero-order valence-corrected chi connectivity index (χ0v) is 12.7. The molecular weight excluding hydrogens is 297 g/mol. The first-order valence-electron chi connectivity index (χ1n) is 6.21. The van der Waals surface area contributed by atoms with Gasteiger partial charge >= 0.3 is 0 Å². The number of halogens is 2. The number of para-hydroxylation sites is 1. The first-order valence-corrected chi connectivity index (χ1v) is 6.96. The summed E-state index contributed by atoms with van der Waals surface area (Å²) in [7, 11) is 0. The molecule has 0 atom stereocenters. The molecule has 7 heteroatoms. The third-order valence-corrected chi connectivity index (χ3v) is 3.07. The summed E-state index contributed by atoms with van der Waals surface area (Å²) in [5.41, 5.74) is 0.603. The Morgan fingerprint density at radius 2 is 1.90 bits per heavy atom. The lowest BCUT2D eigenvalue weighted by Crippen LogP contribution is -2.11. The van der Waals surface area contributed by atoms with Gasteiger partial charge in [-0.25, -0.2) is 0 Å². The van der Waals surface area contributed by atoms with Gasteiger partial charge in [-0.15, -0.1) is 5.10 Å². The molecule has 0 bridgehead atoms. The summed E-state index contributed by atoms with van der Waals surface area (Å²) in [4.78, 5) is 4.31. The molecule has 0 unspecified atom stereocenters. The zero-order chi connectivity index (χ0) is 14.5. The first kappa shape index (κ1) is 14.8. The van der Waals surface area contributed by atoms with Crippen LogP contribution in [0.15, 0.2) is 24.4 Å². The second-order valence-corrected chi connectivity index (χ2v) is 5.48. The SMILES string of the molecule is CC(C)CNc1nncc(Nc2c(Cl)cccc2Cl)n1. The Balaban J connectivity index is 2.15. The van der Waals surface area contributed by atoms with E-state index < -0.39 is 0 Å². The summed E-state index contributed by atoms with van der Waals surface area (Å²) < 4.78 is 0. The Bertz CT molecular complexity index is 568. The van der Waals surface area contributed by atoms with E-state index in [-0.39, 0.29) is 0 Å². The molecule has 0 spiro atoms. The van der Waals surface area contributed by atoms with Crippen LogP contribution in [0.4, 0.5) is 17.5 Å². The van der Waals surface area contributed by atoms with Crippen LogP contribution in [0.25, 0.3) is 0 Å². The van der Waals surface area contributed by atoms with E-state index in [0.717, 1.165) is 6.54 Å². The molecule has 2 N–H and O–H groups in total. The van der Waals surface area contributed by atoms with Gasteiger partial charge in [0.05, 0.1) is 21.9 Å². The fourth-order valence-corrected chi connectivity index (χ4v) is 1.97. The summed E-state index contributed by atoms with van der Waals surface area (Å²) in [6.45, 7) is 4.98. The van der Waals surface area contributed by atoms with E-state index in [2.05, 4.69) is 39.7 Å². The highest BCUT2D eigenvalue weighted by molar-refractivity contribution is 6.39. The third-order valence-electron chi connectivity index (χ3n) is 2.44. The van der Waals surface area contributed by atoms with E-state index in [9.17, 15) is 0 Å². The maximum absolute atomic E-state index is 6.10. The van der Waals surface area contributed by atoms with Gasteiger partial charge in [-0.1, -0.05) is 43.1 Å². The first-order chi connectivity index (χ1) is 9.56. The second-order valence-electron chi connectivity index (χ2n) is 4.66. The monoisotopic (exact) mass is 311 g/mol. The quantitative estimate of drug-likeness (QED) is 0.874. The average Bonchev–Trinajstić information content (AvgIpc) is 2.41. The van der Waals surface area contributed by atoms with Crippen molar-refractivity contribution in [3.8, 4) is 0 Å². The molecule has 0 amide bonds. The van der Waals surface area contributed by atoms with Gasteiger partial charge in [0.2, 0.25) is 5.95 Å². The fraction of sp³-hybridized carbons (Fsp3) is 0.308. The molecule has 1 aromatic carbocycles. The van der Waals surface area contributed by atoms with Crippen LogP contribution in [0.3, 0.4) is 0 Å². The molecule has 0 saturated heterocycles. The minimum atomic E-state index is 0.465. The van der Waals surface area contributed by atoms with Crippen molar-refractivity contribution in [1.29, 1.82) is 0 Å². The molecule has 0 aliphatic rings. The lowest BCUT2D eigenvalue weighted by Gasteiger charge is -2.11. The number of rotatable bonds is 5. The predicted octanol–water partition coefficient (Wildman–Crippen LogP) is 3.99. The van der Waals surface area contributed by atoms with Crippen molar-refractivity contribution in [3.05, 3.63) is 34.4 Å². The molecule has 0 radical (unpaired) electrons. The Morgan fingerprint density at radius 3 is 2.55 bits per heavy atom. The molecule has 5 nitrogen and oxygen atoms in total. The van der Waals surface area contributed by atoms with Gasteiger partial charge in [-0.05, 0) is 18.1 Å². The lowest BCUT2D eigenvalue weighted by atomic mass is 10.2. The second kappa shape index (κ2) is 6.72. The standard InChI is InChI=1S/C13H15Cl2N5/c1-8(2)6-16-13-19-11(7-17-20-13)18-12-9(14)4-3-5-10(12)15/h3-5,7-8H,6H2,1-2H3,(H2,16,18,19,20). The Hall–Kier alpha value is -1.59. The molecular formula is C13H15Cl2N5. The maximum atomic E-state index is 6.10. The van der Waals surface area contributed by atoms with Gasteiger partial charge in [-0.2, -0.15) is 10.1 Å². The predicted molar refractivity (Wildman–Crippen MR) is 82.9 cm³/mol. The molecule has 2 aromatic rings. The van der Waals surface area contributed by atoms with Crippen molar-refractivity contribution >= 4 is 40.7 Å². The maximum Gasteiger partial charge on any atom is 0.244 e. The number of hydrogen-bond acceptors (Lipinski definition) is 5. The summed E-state index contributed by atoms with van der Waals surface area (Å²) in [5, 5.41) is 15.0. The van der Waals surface area contributed by atoms with Crippen LogP contribution in [-0.4, -0.2) is 21.7 Å². The highest BCUT2D eigenvalue weighted by Crippen LogP contribution is 2.31. The molecule has 0 saturated carbocycles. The van der Waals surface area contributed by atoms with Crippen LogP contribution in [0, 0.1) is 5.92 Å². The Labute approximate surface area is 127 Å². The van der Waals surface area contributed by atoms with Crippen LogP contribution in [0.2, 0.25) is 10.0 Å². The van der Waals surface area contributed by atoms with Gasteiger partial charge in [-0.3, -0.25) is 0 Å². The van der Waals surface area contributed by atoms with E-state index in [4.69, 9.17) is 23.2 Å². The van der Waals surface area contributed by atoms with Crippen LogP contribution in [-0.2, 0) is 0 Å². The molecule has 0 aliphatic carbocycles. The summed E-state index contributed by atoms with van der Waals surface area (Å²) in [5.74, 6) is 1.49. The molecule has 1 heterocycles. The zero-order valence-electron chi connectivity index (χ0n) is 11.2. The minimum Gasteiger partial charge on any atom is -0.353 e. The van der Waals surface area contributed by atoms with E-state index in [1.807, 2.05) is 0 Å². The largest absolute Gasteiger partial charge is 0.353 e. The summed E-state index contributed by atoms with van der Waals surface area (Å²) >= 11 is 12.2. The van der Waals surface area contributed by atoms with Gasteiger partial charge in [0.15, 0.2) is 5.82 Å². The number of aromatic nitrogens is 3. The van der Waals surface area contributed by atoms with Crippen molar-refractivity contribution < 1.29 is 0 Å². The number of hydrogen-bond donors (Lipinski definition) is 2. The summed E-state index contributed by atoms with van der Waals surface area (Å²) in [6, 6.07) is 5.29. The number of nitrogens with one attached hydrogen (secondary N) is 2. The van der Waals surface area contributed by atoms with E-state index in [1.165, 1.54) is 6.20 Å². The number of nitrogens with zero attached hydrogens (tertiary/aromatic N) is 3. The van der Waals surface area contributed by atoms with E-state index in [1.54, 1.807) is 18.2 Å². The normalized spacial score (nSPS) is 10.7. The van der Waals surface area contributed by atoms with Gasteiger partial charge in [0.25, 0.3) is 0 Å². The number of anilines is 3. The van der Waals surface area contributed by atoms with Crippen LogP contribution >= 0.6 is 23.2 Å². The highest BCUT2D eigenvalue weighted by atomic mass is 35.5. The van der Waals surface area contributed by atoms with E-state index in [0.29, 0.717) is 33.4 Å². The van der Waals surface area contributed by atoms with Crippen molar-refractivity contribution in [2.45, 2.75) is 13.8 Å². The third kappa shape index (κ3) is 3.95. The molecule has 2 rings (SSSR count). The van der Waals surface area contributed by atoms with Crippen molar-refractivity contribution in [2.75, 3.05) is 17.2 Å². The smallest absolute Gasteiger partial charge is 0.244 e. The van der Waals surface area contributed by atoms with E-state index >= 15 is 0 Å². The van der Waals surface area contributed by atoms with Gasteiger partial charge in [0.1, 0.15) is 0 Å². The van der Waals surface area contributed by atoms with Crippen LogP contribution in [0.1, 0.15) is 13.8 Å². The van der Waals surface area contributed by atoms with Crippen molar-refractivity contribution in [2.24, 2.45) is 5.92 Å². The number of benzene rings is 1. The van der Waals surface area contributed by atoms with Crippen LogP contribution in [0.5, 0.6) is 0 Å². The lowest BCUT2D eigenvalue weighted by molar-refractivity contribution is 0.682. The average molecular weight is 312 g/mol. The Morgan fingerprint density at radius 1 is 1.20 bits per heavy atom. The van der Waals surface area contributed by atoms with Crippen molar-refractivity contribution in [1.82, 2.24) is 15.2 Å².